The van der Waals surface area contributed by atoms with Crippen molar-refractivity contribution < 1.29 is 14.3 Å². The van der Waals surface area contributed by atoms with Crippen molar-refractivity contribution in [2.24, 2.45) is 0 Å². The Kier molecular flexibility index (Phi) is 5.17. The van der Waals surface area contributed by atoms with Gasteiger partial charge in [0, 0.05) is 0 Å². The summed E-state index contributed by atoms with van der Waals surface area (Å²) < 4.78 is 5.71. The molecule has 4 nitrogen and oxygen atoms in total. The van der Waals surface area contributed by atoms with Crippen molar-refractivity contribution in [2.75, 3.05) is 11.5 Å². The summed E-state index contributed by atoms with van der Waals surface area (Å²) in [6.45, 7) is 5.19. The van der Waals surface area contributed by atoms with Crippen LogP contribution in [0.2, 0.25) is 0 Å². The van der Waals surface area contributed by atoms with Gasteiger partial charge < -0.3 is 9.64 Å². The largest absolute Gasteiger partial charge is 0.494 e. The maximum atomic E-state index is 12.3. The number of aryl methyl sites for hydroxylation is 1. The maximum Gasteiger partial charge on any atom is 0.299 e. The highest BCUT2D eigenvalue weighted by Crippen LogP contribution is 2.31. The van der Waals surface area contributed by atoms with Crippen molar-refractivity contribution >= 4 is 17.4 Å². The Balaban J connectivity index is 1.69. The first-order chi connectivity index (χ1) is 12.1. The second kappa shape index (κ2) is 7.51. The zero-order valence-electron chi connectivity index (χ0n) is 14.7. The molecule has 4 heteroatoms. The van der Waals surface area contributed by atoms with Gasteiger partial charge >= 0.3 is 0 Å². The summed E-state index contributed by atoms with van der Waals surface area (Å²) in [6.07, 6.45) is 3.40. The number of amides is 1. The molecule has 2 aromatic rings. The molecule has 0 atom stereocenters. The van der Waals surface area contributed by atoms with Crippen LogP contribution in [-0.4, -0.2) is 18.3 Å². The van der Waals surface area contributed by atoms with Crippen LogP contribution in [0.25, 0.3) is 0 Å². The number of benzene rings is 2. The summed E-state index contributed by atoms with van der Waals surface area (Å²) in [5, 5.41) is 0. The number of carbonyl (C=O) groups excluding carboxylic acids is 2. The number of ketones is 1. The first-order valence-corrected chi connectivity index (χ1v) is 8.78. The third-order valence-electron chi connectivity index (χ3n) is 4.41. The molecule has 0 radical (unpaired) electrons. The number of anilines is 1. The summed E-state index contributed by atoms with van der Waals surface area (Å²) in [7, 11) is 0. The Morgan fingerprint density at radius 3 is 2.48 bits per heavy atom. The van der Waals surface area contributed by atoms with E-state index in [1.165, 1.54) is 12.8 Å². The van der Waals surface area contributed by atoms with E-state index in [4.69, 9.17) is 4.74 Å². The molecule has 1 aliphatic rings. The maximum absolute atomic E-state index is 12.3. The molecule has 0 bridgehead atoms. The smallest absolute Gasteiger partial charge is 0.299 e. The van der Waals surface area contributed by atoms with Crippen LogP contribution in [-0.2, 0) is 11.3 Å². The van der Waals surface area contributed by atoms with Gasteiger partial charge in [0.15, 0.2) is 0 Å². The van der Waals surface area contributed by atoms with Crippen molar-refractivity contribution in [3.05, 3.63) is 59.2 Å². The highest BCUT2D eigenvalue weighted by molar-refractivity contribution is 6.52. The van der Waals surface area contributed by atoms with E-state index < -0.39 is 11.7 Å². The molecular formula is C21H23NO3. The normalized spacial score (nSPS) is 13.3. The zero-order valence-corrected chi connectivity index (χ0v) is 14.7. The molecule has 1 heterocycles. The molecule has 2 aromatic carbocycles. The van der Waals surface area contributed by atoms with E-state index in [1.807, 2.05) is 43.3 Å². The minimum atomic E-state index is -0.458. The molecule has 0 aromatic heterocycles. The molecule has 0 saturated heterocycles. The number of hydrogen-bond acceptors (Lipinski definition) is 3. The number of hydrogen-bond donors (Lipinski definition) is 0. The van der Waals surface area contributed by atoms with Crippen LogP contribution >= 0.6 is 0 Å². The molecule has 0 spiro atoms. The fraction of sp³-hybridized carbons (Fsp3) is 0.333. The summed E-state index contributed by atoms with van der Waals surface area (Å²) in [4.78, 5) is 26.0. The lowest BCUT2D eigenvalue weighted by atomic mass is 10.1. The highest BCUT2D eigenvalue weighted by atomic mass is 16.5. The summed E-state index contributed by atoms with van der Waals surface area (Å²) in [6, 6.07) is 13.3. The summed E-state index contributed by atoms with van der Waals surface area (Å²) in [5.74, 6) is -0.0465. The average Bonchev–Trinajstić information content (AvgIpc) is 2.85. The van der Waals surface area contributed by atoms with Gasteiger partial charge in [-0.2, -0.15) is 0 Å². The third-order valence-corrected chi connectivity index (χ3v) is 4.41. The summed E-state index contributed by atoms with van der Waals surface area (Å²) >= 11 is 0. The monoisotopic (exact) mass is 337 g/mol. The predicted octanol–water partition coefficient (Wildman–Crippen LogP) is 4.29. The second-order valence-electron chi connectivity index (χ2n) is 6.44. The van der Waals surface area contributed by atoms with E-state index in [-0.39, 0.29) is 0 Å². The number of fused-ring (bicyclic) bond motifs is 1. The SMILES string of the molecule is CCCCCOc1ccc(CN2C(=O)C(=O)c3cc(C)ccc32)cc1. The number of nitrogens with zero attached hydrogens (tertiary/aromatic N) is 1. The average molecular weight is 337 g/mol. The van der Waals surface area contributed by atoms with E-state index >= 15 is 0 Å². The van der Waals surface area contributed by atoms with Gasteiger partial charge in [-0.1, -0.05) is 43.5 Å². The molecule has 1 amide bonds. The van der Waals surface area contributed by atoms with Crippen molar-refractivity contribution in [1.29, 1.82) is 0 Å². The number of ether oxygens (including phenoxy) is 1. The molecule has 1 aliphatic heterocycles. The number of rotatable bonds is 7. The highest BCUT2D eigenvalue weighted by Gasteiger charge is 2.35. The first kappa shape index (κ1) is 17.2. The van der Waals surface area contributed by atoms with Crippen molar-refractivity contribution in [3.8, 4) is 5.75 Å². The van der Waals surface area contributed by atoms with Crippen LogP contribution in [0.5, 0.6) is 5.75 Å². The van der Waals surface area contributed by atoms with Crippen molar-refractivity contribution in [1.82, 2.24) is 0 Å². The van der Waals surface area contributed by atoms with Gasteiger partial charge in [0.25, 0.3) is 11.7 Å². The van der Waals surface area contributed by atoms with Gasteiger partial charge in [-0.3, -0.25) is 9.59 Å². The number of Topliss-reactive ketones (excluding diaryl/α,β-unsaturated/α-hetero) is 1. The standard InChI is InChI=1S/C21H23NO3/c1-3-4-5-12-25-17-9-7-16(8-10-17)14-22-19-11-6-15(2)13-18(19)20(23)21(22)24/h6-11,13H,3-5,12,14H2,1-2H3. The minimum absolute atomic E-state index is 0.386. The topological polar surface area (TPSA) is 46.6 Å². The van der Waals surface area contributed by atoms with E-state index in [2.05, 4.69) is 6.92 Å². The Labute approximate surface area is 148 Å². The fourth-order valence-corrected chi connectivity index (χ4v) is 2.99. The molecule has 0 aliphatic carbocycles. The van der Waals surface area contributed by atoms with E-state index in [1.54, 1.807) is 11.0 Å². The molecule has 0 unspecified atom stereocenters. The molecular weight excluding hydrogens is 314 g/mol. The van der Waals surface area contributed by atoms with Crippen LogP contribution in [0, 0.1) is 6.92 Å². The lowest BCUT2D eigenvalue weighted by molar-refractivity contribution is -0.114. The van der Waals surface area contributed by atoms with Crippen molar-refractivity contribution in [2.45, 2.75) is 39.7 Å². The summed E-state index contributed by atoms with van der Waals surface area (Å²) in [5.41, 5.74) is 3.14. The Hall–Kier alpha value is -2.62. The molecule has 3 rings (SSSR count). The van der Waals surface area contributed by atoms with Gasteiger partial charge in [-0.25, -0.2) is 0 Å². The molecule has 0 N–H and O–H groups in total. The van der Waals surface area contributed by atoms with Gasteiger partial charge in [-0.15, -0.1) is 0 Å². The fourth-order valence-electron chi connectivity index (χ4n) is 2.99. The number of carbonyl (C=O) groups is 2. The van der Waals surface area contributed by atoms with E-state index in [0.717, 1.165) is 29.9 Å². The Bertz CT molecular complexity index is 780. The van der Waals surface area contributed by atoms with Gasteiger partial charge in [0.1, 0.15) is 5.75 Å². The van der Waals surface area contributed by atoms with E-state index in [9.17, 15) is 9.59 Å². The Morgan fingerprint density at radius 2 is 1.76 bits per heavy atom. The molecule has 25 heavy (non-hydrogen) atoms. The van der Waals surface area contributed by atoms with Gasteiger partial charge in [0.05, 0.1) is 24.4 Å². The zero-order chi connectivity index (χ0) is 17.8. The van der Waals surface area contributed by atoms with Crippen LogP contribution < -0.4 is 9.64 Å². The van der Waals surface area contributed by atoms with Gasteiger partial charge in [-0.05, 0) is 43.2 Å². The molecule has 130 valence electrons. The lowest BCUT2D eigenvalue weighted by Crippen LogP contribution is -2.29. The second-order valence-corrected chi connectivity index (χ2v) is 6.44. The van der Waals surface area contributed by atoms with Crippen LogP contribution in [0.15, 0.2) is 42.5 Å². The van der Waals surface area contributed by atoms with E-state index in [0.29, 0.717) is 17.8 Å². The Morgan fingerprint density at radius 1 is 1.00 bits per heavy atom. The predicted molar refractivity (Wildman–Crippen MR) is 98.2 cm³/mol. The first-order valence-electron chi connectivity index (χ1n) is 8.78. The third kappa shape index (κ3) is 3.73. The number of unbranched alkanes of at least 4 members (excludes halogenated alkanes) is 2. The van der Waals surface area contributed by atoms with Crippen LogP contribution in [0.1, 0.15) is 47.7 Å². The minimum Gasteiger partial charge on any atom is -0.494 e. The van der Waals surface area contributed by atoms with Gasteiger partial charge in [0.2, 0.25) is 0 Å². The van der Waals surface area contributed by atoms with Crippen LogP contribution in [0.4, 0.5) is 5.69 Å². The lowest BCUT2D eigenvalue weighted by Gasteiger charge is -2.17. The van der Waals surface area contributed by atoms with Crippen LogP contribution in [0.3, 0.4) is 0 Å². The quantitative estimate of drug-likeness (QED) is 0.559. The molecule has 0 saturated carbocycles. The van der Waals surface area contributed by atoms with Crippen molar-refractivity contribution in [3.63, 3.8) is 0 Å². The molecule has 0 fully saturated rings.